The zero-order chi connectivity index (χ0) is 18.0. The first-order chi connectivity index (χ1) is 12.0. The van der Waals surface area contributed by atoms with Crippen molar-refractivity contribution in [2.24, 2.45) is 0 Å². The van der Waals surface area contributed by atoms with Crippen LogP contribution in [-0.4, -0.2) is 39.2 Å². The van der Waals surface area contributed by atoms with Gasteiger partial charge in [0.2, 0.25) is 11.8 Å². The molecule has 0 N–H and O–H groups in total. The largest absolute Gasteiger partial charge is 0.327 e. The van der Waals surface area contributed by atoms with Gasteiger partial charge in [-0.15, -0.1) is 0 Å². The van der Waals surface area contributed by atoms with Crippen molar-refractivity contribution < 1.29 is 9.59 Å². The van der Waals surface area contributed by atoms with E-state index in [1.165, 1.54) is 0 Å². The molecule has 5 nitrogen and oxygen atoms in total. The molecule has 1 aliphatic rings. The van der Waals surface area contributed by atoms with Crippen molar-refractivity contribution in [3.05, 3.63) is 64.4 Å². The molecule has 1 fully saturated rings. The molecule has 130 valence electrons. The normalized spacial score (nSPS) is 18.0. The molecule has 0 radical (unpaired) electrons. The zero-order valence-corrected chi connectivity index (χ0v) is 15.0. The number of amides is 2. The third-order valence-corrected chi connectivity index (χ3v) is 4.75. The van der Waals surface area contributed by atoms with Gasteiger partial charge in [-0.3, -0.25) is 14.6 Å². The third-order valence-electron chi connectivity index (χ3n) is 4.38. The minimum absolute atomic E-state index is 0.0558. The van der Waals surface area contributed by atoms with Gasteiger partial charge in [0.1, 0.15) is 12.6 Å². The Morgan fingerprint density at radius 3 is 2.60 bits per heavy atom. The van der Waals surface area contributed by atoms with Crippen LogP contribution in [0.15, 0.2) is 42.5 Å². The molecule has 1 atom stereocenters. The summed E-state index contributed by atoms with van der Waals surface area (Å²) in [6.45, 7) is 4.40. The molecule has 1 aliphatic heterocycles. The molecule has 0 saturated carbocycles. The molecule has 2 amide bonds. The van der Waals surface area contributed by atoms with E-state index in [0.29, 0.717) is 18.1 Å². The molecule has 0 unspecified atom stereocenters. The number of halogens is 1. The highest BCUT2D eigenvalue weighted by molar-refractivity contribution is 6.31. The van der Waals surface area contributed by atoms with Gasteiger partial charge in [0.05, 0.1) is 12.2 Å². The monoisotopic (exact) mass is 357 g/mol. The summed E-state index contributed by atoms with van der Waals surface area (Å²) in [5.41, 5.74) is 2.51. The van der Waals surface area contributed by atoms with Crippen LogP contribution in [0.25, 0.3) is 0 Å². The van der Waals surface area contributed by atoms with Crippen molar-refractivity contribution in [1.29, 1.82) is 0 Å². The van der Waals surface area contributed by atoms with Crippen LogP contribution < -0.4 is 0 Å². The Morgan fingerprint density at radius 1 is 1.12 bits per heavy atom. The van der Waals surface area contributed by atoms with Crippen molar-refractivity contribution in [2.75, 3.05) is 6.54 Å². The molecular weight excluding hydrogens is 338 g/mol. The maximum absolute atomic E-state index is 12.7. The smallest absolute Gasteiger partial charge is 0.245 e. The average Bonchev–Trinajstić information content (AvgIpc) is 2.58. The Kier molecular flexibility index (Phi) is 5.04. The van der Waals surface area contributed by atoms with Gasteiger partial charge < -0.3 is 9.80 Å². The highest BCUT2D eigenvalue weighted by Gasteiger charge is 2.36. The maximum Gasteiger partial charge on any atom is 0.245 e. The fraction of sp³-hybridized carbons (Fsp3) is 0.316. The molecule has 1 aromatic carbocycles. The molecular formula is C19H20ClN3O2. The number of hydrogen-bond donors (Lipinski definition) is 0. The first-order valence-electron chi connectivity index (χ1n) is 8.20. The van der Waals surface area contributed by atoms with Crippen molar-refractivity contribution in [2.45, 2.75) is 33.0 Å². The van der Waals surface area contributed by atoms with Gasteiger partial charge in [0.25, 0.3) is 0 Å². The molecule has 2 heterocycles. The lowest BCUT2D eigenvalue weighted by molar-refractivity contribution is -0.156. The predicted molar refractivity (Wildman–Crippen MR) is 95.9 cm³/mol. The number of carbonyl (C=O) groups excluding carboxylic acids is 2. The number of aromatic nitrogens is 1. The van der Waals surface area contributed by atoms with E-state index >= 15 is 0 Å². The van der Waals surface area contributed by atoms with Crippen LogP contribution in [0.5, 0.6) is 0 Å². The number of benzene rings is 1. The van der Waals surface area contributed by atoms with Crippen LogP contribution in [0.4, 0.5) is 0 Å². The van der Waals surface area contributed by atoms with E-state index in [9.17, 15) is 9.59 Å². The van der Waals surface area contributed by atoms with Crippen LogP contribution in [0.2, 0.25) is 5.02 Å². The number of carbonyl (C=O) groups is 2. The van der Waals surface area contributed by atoms with Gasteiger partial charge in [-0.1, -0.05) is 35.9 Å². The van der Waals surface area contributed by atoms with Crippen LogP contribution >= 0.6 is 11.6 Å². The number of rotatable bonds is 4. The Labute approximate surface area is 152 Å². The number of piperazine rings is 1. The Balaban J connectivity index is 1.74. The second-order valence-corrected chi connectivity index (χ2v) is 6.66. The third kappa shape index (κ3) is 3.82. The van der Waals surface area contributed by atoms with E-state index in [1.807, 2.05) is 43.3 Å². The standard InChI is InChI=1S/C19H20ClN3O2/c1-13-6-5-8-16(21-13)11-23-14(2)19(25)22(12-18(23)24)10-15-7-3-4-9-17(15)20/h3-9,14H,10-12H2,1-2H3/t14-/m0/s1. The SMILES string of the molecule is Cc1cccc(CN2C(=O)CN(Cc3ccccc3Cl)C(=O)[C@@H]2C)n1. The van der Waals surface area contributed by atoms with Gasteiger partial charge >= 0.3 is 0 Å². The average molecular weight is 358 g/mol. The zero-order valence-electron chi connectivity index (χ0n) is 14.3. The number of hydrogen-bond acceptors (Lipinski definition) is 3. The summed E-state index contributed by atoms with van der Waals surface area (Å²) in [6.07, 6.45) is 0. The molecule has 1 aromatic heterocycles. The maximum atomic E-state index is 12.7. The van der Waals surface area contributed by atoms with Gasteiger partial charge in [-0.25, -0.2) is 0 Å². The van der Waals surface area contributed by atoms with Crippen molar-refractivity contribution in [3.8, 4) is 0 Å². The first kappa shape index (κ1) is 17.4. The van der Waals surface area contributed by atoms with E-state index < -0.39 is 6.04 Å². The van der Waals surface area contributed by atoms with Crippen LogP contribution in [-0.2, 0) is 22.7 Å². The van der Waals surface area contributed by atoms with Crippen LogP contribution in [0.3, 0.4) is 0 Å². The fourth-order valence-electron chi connectivity index (χ4n) is 3.00. The van der Waals surface area contributed by atoms with E-state index in [4.69, 9.17) is 11.6 Å². The van der Waals surface area contributed by atoms with Crippen molar-refractivity contribution >= 4 is 23.4 Å². The highest BCUT2D eigenvalue weighted by atomic mass is 35.5. The lowest BCUT2D eigenvalue weighted by atomic mass is 10.1. The van der Waals surface area contributed by atoms with Crippen molar-refractivity contribution in [1.82, 2.24) is 14.8 Å². The predicted octanol–water partition coefficient (Wildman–Crippen LogP) is 2.80. The lowest BCUT2D eigenvalue weighted by Crippen LogP contribution is -2.58. The Hall–Kier alpha value is -2.40. The fourth-order valence-corrected chi connectivity index (χ4v) is 3.19. The summed E-state index contributed by atoms with van der Waals surface area (Å²) >= 11 is 6.17. The van der Waals surface area contributed by atoms with Crippen LogP contribution in [0.1, 0.15) is 23.9 Å². The number of nitrogens with zero attached hydrogens (tertiary/aromatic N) is 3. The summed E-state index contributed by atoms with van der Waals surface area (Å²) in [7, 11) is 0. The molecule has 0 aliphatic carbocycles. The lowest BCUT2D eigenvalue weighted by Gasteiger charge is -2.38. The summed E-state index contributed by atoms with van der Waals surface area (Å²) in [4.78, 5) is 32.9. The van der Waals surface area contributed by atoms with Gasteiger partial charge in [0, 0.05) is 17.3 Å². The summed E-state index contributed by atoms with van der Waals surface area (Å²) < 4.78 is 0. The Morgan fingerprint density at radius 2 is 1.88 bits per heavy atom. The molecule has 6 heteroatoms. The molecule has 25 heavy (non-hydrogen) atoms. The minimum atomic E-state index is -0.522. The van der Waals surface area contributed by atoms with E-state index in [0.717, 1.165) is 17.0 Å². The molecule has 0 spiro atoms. The molecule has 1 saturated heterocycles. The van der Waals surface area contributed by atoms with Gasteiger partial charge in [-0.05, 0) is 37.6 Å². The molecule has 3 rings (SSSR count). The first-order valence-corrected chi connectivity index (χ1v) is 8.57. The topological polar surface area (TPSA) is 53.5 Å². The summed E-state index contributed by atoms with van der Waals surface area (Å²) in [5.74, 6) is -0.158. The van der Waals surface area contributed by atoms with E-state index in [-0.39, 0.29) is 18.4 Å². The second kappa shape index (κ2) is 7.23. The highest BCUT2D eigenvalue weighted by Crippen LogP contribution is 2.21. The summed E-state index contributed by atoms with van der Waals surface area (Å²) in [5, 5.41) is 0.599. The van der Waals surface area contributed by atoms with Crippen LogP contribution in [0, 0.1) is 6.92 Å². The number of aryl methyl sites for hydroxylation is 1. The van der Waals surface area contributed by atoms with Crippen molar-refractivity contribution in [3.63, 3.8) is 0 Å². The quantitative estimate of drug-likeness (QED) is 0.845. The van der Waals surface area contributed by atoms with Gasteiger partial charge in [-0.2, -0.15) is 0 Å². The Bertz CT molecular complexity index is 809. The molecule has 0 bridgehead atoms. The summed E-state index contributed by atoms with van der Waals surface area (Å²) in [6, 6.07) is 12.5. The van der Waals surface area contributed by atoms with E-state index in [1.54, 1.807) is 22.8 Å². The minimum Gasteiger partial charge on any atom is -0.327 e. The molecule has 2 aromatic rings. The van der Waals surface area contributed by atoms with Gasteiger partial charge in [0.15, 0.2) is 0 Å². The number of pyridine rings is 1. The second-order valence-electron chi connectivity index (χ2n) is 6.25. The van der Waals surface area contributed by atoms with E-state index in [2.05, 4.69) is 4.98 Å².